The van der Waals surface area contributed by atoms with E-state index in [1.54, 1.807) is 0 Å². The Morgan fingerprint density at radius 2 is 1.61 bits per heavy atom. The van der Waals surface area contributed by atoms with Crippen molar-refractivity contribution >= 4 is 5.97 Å². The van der Waals surface area contributed by atoms with Crippen LogP contribution in [0.4, 0.5) is 0 Å². The predicted octanol–water partition coefficient (Wildman–Crippen LogP) is 7.74. The molecule has 0 bridgehead atoms. The Hall–Kier alpha value is -1.77. The molecule has 0 aliphatic heterocycles. The second-order valence-electron chi connectivity index (χ2n) is 9.87. The zero-order valence-electron chi connectivity index (χ0n) is 19.7. The molecule has 0 amide bonds. The number of esters is 1. The molecule has 0 unspecified atom stereocenters. The first-order chi connectivity index (χ1) is 15.1. The Bertz CT molecular complexity index is 662. The maximum atomic E-state index is 12.3. The molecule has 0 spiro atoms. The Kier molecular flexibility index (Phi) is 9.96. The van der Waals surface area contributed by atoms with Gasteiger partial charge in [-0.25, -0.2) is 0 Å². The van der Waals surface area contributed by atoms with Crippen LogP contribution >= 0.6 is 0 Å². The first-order valence-corrected chi connectivity index (χ1v) is 12.7. The minimum atomic E-state index is -0.0800. The van der Waals surface area contributed by atoms with Gasteiger partial charge in [-0.1, -0.05) is 51.7 Å². The van der Waals surface area contributed by atoms with Crippen LogP contribution in [0.2, 0.25) is 0 Å². The molecular formula is C28H42O3. The Morgan fingerprint density at radius 3 is 2.29 bits per heavy atom. The molecule has 172 valence electrons. The highest BCUT2D eigenvalue weighted by molar-refractivity contribution is 5.75. The van der Waals surface area contributed by atoms with Crippen molar-refractivity contribution in [1.29, 1.82) is 0 Å². The number of hydrogen-bond donors (Lipinski definition) is 0. The van der Waals surface area contributed by atoms with Gasteiger partial charge in [-0.05, 0) is 93.4 Å². The number of carbonyl (C=O) groups is 1. The number of benzene rings is 1. The SMILES string of the molecule is CCCCC[C@H]1CC[C@H](C=CCOc2ccc(OC(=O)[C@H]3CC[C@H](C)CC3)cc2)CC1. The van der Waals surface area contributed by atoms with Gasteiger partial charge < -0.3 is 9.47 Å². The maximum absolute atomic E-state index is 12.3. The molecule has 0 heterocycles. The first-order valence-electron chi connectivity index (χ1n) is 12.7. The van der Waals surface area contributed by atoms with E-state index in [-0.39, 0.29) is 11.9 Å². The summed E-state index contributed by atoms with van der Waals surface area (Å²) in [7, 11) is 0. The summed E-state index contributed by atoms with van der Waals surface area (Å²) < 4.78 is 11.4. The molecule has 3 heteroatoms. The number of allylic oxidation sites excluding steroid dienone is 1. The van der Waals surface area contributed by atoms with Crippen LogP contribution in [0.15, 0.2) is 36.4 Å². The molecule has 3 nitrogen and oxygen atoms in total. The standard InChI is InChI=1S/C28H42O3/c1-3-4-5-7-23-11-13-24(14-12-23)8-6-21-30-26-17-19-27(20-18-26)31-28(29)25-15-9-22(2)10-16-25/h6,8,17-20,22-25H,3-5,7,9-16,21H2,1-2H3/t22-,23-,24-,25-. The molecule has 2 saturated carbocycles. The van der Waals surface area contributed by atoms with E-state index in [2.05, 4.69) is 26.0 Å². The third-order valence-electron chi connectivity index (χ3n) is 7.25. The smallest absolute Gasteiger partial charge is 0.314 e. The lowest BCUT2D eigenvalue weighted by Crippen LogP contribution is -2.24. The van der Waals surface area contributed by atoms with Crippen molar-refractivity contribution in [3.63, 3.8) is 0 Å². The van der Waals surface area contributed by atoms with Crippen LogP contribution in [0, 0.1) is 23.7 Å². The van der Waals surface area contributed by atoms with Gasteiger partial charge in [0, 0.05) is 0 Å². The molecule has 2 aliphatic carbocycles. The normalized spacial score (nSPS) is 26.6. The summed E-state index contributed by atoms with van der Waals surface area (Å²) in [5, 5.41) is 0. The van der Waals surface area contributed by atoms with Crippen LogP contribution in [-0.4, -0.2) is 12.6 Å². The molecule has 1 aromatic rings. The van der Waals surface area contributed by atoms with E-state index in [0.29, 0.717) is 12.4 Å². The fourth-order valence-electron chi connectivity index (χ4n) is 5.04. The lowest BCUT2D eigenvalue weighted by molar-refractivity contribution is -0.140. The maximum Gasteiger partial charge on any atom is 0.314 e. The van der Waals surface area contributed by atoms with Crippen LogP contribution in [0.5, 0.6) is 11.5 Å². The minimum Gasteiger partial charge on any atom is -0.490 e. The lowest BCUT2D eigenvalue weighted by Gasteiger charge is -2.26. The van der Waals surface area contributed by atoms with E-state index in [1.165, 1.54) is 51.4 Å². The third kappa shape index (κ3) is 8.35. The lowest BCUT2D eigenvalue weighted by atomic mass is 9.79. The Labute approximate surface area is 189 Å². The summed E-state index contributed by atoms with van der Waals surface area (Å²) in [6.07, 6.45) is 19.7. The highest BCUT2D eigenvalue weighted by atomic mass is 16.5. The zero-order chi connectivity index (χ0) is 21.9. The third-order valence-corrected chi connectivity index (χ3v) is 7.25. The summed E-state index contributed by atoms with van der Waals surface area (Å²) in [6.45, 7) is 5.14. The van der Waals surface area contributed by atoms with E-state index < -0.39 is 0 Å². The van der Waals surface area contributed by atoms with Gasteiger partial charge in [-0.2, -0.15) is 0 Å². The zero-order valence-corrected chi connectivity index (χ0v) is 19.7. The molecule has 0 atom stereocenters. The highest BCUT2D eigenvalue weighted by Crippen LogP contribution is 2.33. The van der Waals surface area contributed by atoms with Gasteiger partial charge in [0.15, 0.2) is 0 Å². The van der Waals surface area contributed by atoms with Crippen LogP contribution in [0.3, 0.4) is 0 Å². The fraction of sp³-hybridized carbons (Fsp3) is 0.679. The summed E-state index contributed by atoms with van der Waals surface area (Å²) in [6, 6.07) is 7.45. The topological polar surface area (TPSA) is 35.5 Å². The minimum absolute atomic E-state index is 0.0590. The number of hydrogen-bond acceptors (Lipinski definition) is 3. The Morgan fingerprint density at radius 1 is 0.935 bits per heavy atom. The first kappa shape index (κ1) is 23.9. The van der Waals surface area contributed by atoms with Crippen molar-refractivity contribution in [2.75, 3.05) is 6.61 Å². The largest absolute Gasteiger partial charge is 0.490 e. The van der Waals surface area contributed by atoms with E-state index in [0.717, 1.165) is 49.2 Å². The number of carbonyl (C=O) groups excluding carboxylic acids is 1. The summed E-state index contributed by atoms with van der Waals surface area (Å²) >= 11 is 0. The Balaban J connectivity index is 1.32. The van der Waals surface area contributed by atoms with Crippen molar-refractivity contribution in [2.45, 2.75) is 90.9 Å². The van der Waals surface area contributed by atoms with Crippen LogP contribution in [0.1, 0.15) is 90.9 Å². The number of rotatable bonds is 10. The van der Waals surface area contributed by atoms with Crippen molar-refractivity contribution in [1.82, 2.24) is 0 Å². The second kappa shape index (κ2) is 12.9. The molecule has 1 aromatic carbocycles. The quantitative estimate of drug-likeness (QED) is 0.166. The second-order valence-corrected chi connectivity index (χ2v) is 9.87. The fourth-order valence-corrected chi connectivity index (χ4v) is 5.04. The molecule has 2 aliphatic rings. The van der Waals surface area contributed by atoms with Gasteiger partial charge in [0.1, 0.15) is 18.1 Å². The molecule has 0 radical (unpaired) electrons. The van der Waals surface area contributed by atoms with Crippen molar-refractivity contribution in [3.8, 4) is 11.5 Å². The average molecular weight is 427 g/mol. The predicted molar refractivity (Wildman–Crippen MR) is 127 cm³/mol. The van der Waals surface area contributed by atoms with Gasteiger partial charge in [-0.3, -0.25) is 4.79 Å². The molecule has 3 rings (SSSR count). The van der Waals surface area contributed by atoms with E-state index in [1.807, 2.05) is 24.3 Å². The molecule has 0 saturated heterocycles. The van der Waals surface area contributed by atoms with E-state index in [4.69, 9.17) is 9.47 Å². The average Bonchev–Trinajstić information content (AvgIpc) is 2.79. The van der Waals surface area contributed by atoms with Crippen molar-refractivity contribution < 1.29 is 14.3 Å². The van der Waals surface area contributed by atoms with Crippen LogP contribution < -0.4 is 9.47 Å². The van der Waals surface area contributed by atoms with Crippen LogP contribution in [-0.2, 0) is 4.79 Å². The summed E-state index contributed by atoms with van der Waals surface area (Å²) in [5.41, 5.74) is 0. The number of ether oxygens (including phenoxy) is 2. The molecular weight excluding hydrogens is 384 g/mol. The van der Waals surface area contributed by atoms with Crippen molar-refractivity contribution in [3.05, 3.63) is 36.4 Å². The summed E-state index contributed by atoms with van der Waals surface area (Å²) in [5.74, 6) is 3.82. The monoisotopic (exact) mass is 426 g/mol. The number of unbranched alkanes of at least 4 members (excludes halogenated alkanes) is 2. The van der Waals surface area contributed by atoms with E-state index >= 15 is 0 Å². The van der Waals surface area contributed by atoms with Gasteiger partial charge >= 0.3 is 5.97 Å². The van der Waals surface area contributed by atoms with Gasteiger partial charge in [0.25, 0.3) is 0 Å². The van der Waals surface area contributed by atoms with Crippen molar-refractivity contribution in [2.24, 2.45) is 23.7 Å². The van der Waals surface area contributed by atoms with Crippen LogP contribution in [0.25, 0.3) is 0 Å². The molecule has 31 heavy (non-hydrogen) atoms. The van der Waals surface area contributed by atoms with Gasteiger partial charge in [0.05, 0.1) is 5.92 Å². The molecule has 0 N–H and O–H groups in total. The van der Waals surface area contributed by atoms with E-state index in [9.17, 15) is 4.79 Å². The molecule has 2 fully saturated rings. The van der Waals surface area contributed by atoms with Gasteiger partial charge in [0.2, 0.25) is 0 Å². The summed E-state index contributed by atoms with van der Waals surface area (Å²) in [4.78, 5) is 12.3. The van der Waals surface area contributed by atoms with Gasteiger partial charge in [-0.15, -0.1) is 0 Å². The molecule has 0 aromatic heterocycles. The highest BCUT2D eigenvalue weighted by Gasteiger charge is 2.26.